The second-order valence-corrected chi connectivity index (χ2v) is 14.4. The predicted molar refractivity (Wildman–Crippen MR) is 241 cm³/mol. The van der Waals surface area contributed by atoms with Crippen LogP contribution in [0.2, 0.25) is 0 Å². The fourth-order valence-electron chi connectivity index (χ4n) is 5.75. The summed E-state index contributed by atoms with van der Waals surface area (Å²) in [6.07, 6.45) is 68.7. The molecule has 0 amide bonds. The molecule has 0 saturated carbocycles. The number of rotatable bonds is 40. The van der Waals surface area contributed by atoms with Gasteiger partial charge in [0.25, 0.3) is 0 Å². The highest BCUT2D eigenvalue weighted by molar-refractivity contribution is 5.69. The van der Waals surface area contributed by atoms with Gasteiger partial charge in [-0.3, -0.25) is 4.79 Å². The van der Waals surface area contributed by atoms with E-state index in [4.69, 9.17) is 9.47 Å². The average molecular weight is 761 g/mol. The Labute approximate surface area is 340 Å². The van der Waals surface area contributed by atoms with Crippen LogP contribution in [0.4, 0.5) is 0 Å². The molecule has 1 N–H and O–H groups in total. The molecule has 4 nitrogen and oxygen atoms in total. The number of ether oxygens (including phenoxy) is 2. The summed E-state index contributed by atoms with van der Waals surface area (Å²) >= 11 is 0. The van der Waals surface area contributed by atoms with Crippen LogP contribution in [0, 0.1) is 0 Å². The van der Waals surface area contributed by atoms with E-state index in [-0.39, 0.29) is 19.2 Å². The Bertz CT molecular complexity index is 1070. The third-order valence-electron chi connectivity index (χ3n) is 9.08. The first-order chi connectivity index (χ1) is 27.2. The lowest BCUT2D eigenvalue weighted by Crippen LogP contribution is -2.27. The minimum atomic E-state index is -0.568. The van der Waals surface area contributed by atoms with Crippen molar-refractivity contribution in [2.24, 2.45) is 0 Å². The Morgan fingerprint density at radius 2 is 0.818 bits per heavy atom. The van der Waals surface area contributed by atoms with E-state index in [1.165, 1.54) is 77.0 Å². The van der Waals surface area contributed by atoms with Crippen LogP contribution in [0.5, 0.6) is 0 Å². The summed E-state index contributed by atoms with van der Waals surface area (Å²) in [6.45, 7) is 5.09. The quantitative estimate of drug-likeness (QED) is 0.0384. The number of allylic oxidation sites excluding steroid dienone is 18. The van der Waals surface area contributed by atoms with E-state index in [0.29, 0.717) is 13.0 Å². The van der Waals surface area contributed by atoms with Crippen LogP contribution >= 0.6 is 0 Å². The van der Waals surface area contributed by atoms with Gasteiger partial charge in [-0.15, -0.1) is 0 Å². The van der Waals surface area contributed by atoms with Crippen molar-refractivity contribution in [3.8, 4) is 0 Å². The Hall–Kier alpha value is -2.95. The first-order valence-corrected chi connectivity index (χ1v) is 22.5. The molecule has 0 aliphatic heterocycles. The number of aliphatic hydroxyl groups excluding tert-OH is 1. The third kappa shape index (κ3) is 45.3. The van der Waals surface area contributed by atoms with Gasteiger partial charge in [0.2, 0.25) is 0 Å². The molecule has 55 heavy (non-hydrogen) atoms. The van der Waals surface area contributed by atoms with Crippen LogP contribution in [0.25, 0.3) is 0 Å². The summed E-state index contributed by atoms with van der Waals surface area (Å²) in [7, 11) is 0. The van der Waals surface area contributed by atoms with E-state index in [0.717, 1.165) is 83.5 Å². The van der Waals surface area contributed by atoms with Crippen molar-refractivity contribution in [1.29, 1.82) is 0 Å². The van der Waals surface area contributed by atoms with Crippen LogP contribution in [-0.2, 0) is 14.3 Å². The zero-order valence-electron chi connectivity index (χ0n) is 35.6. The molecule has 0 spiro atoms. The molecule has 0 aromatic heterocycles. The van der Waals surface area contributed by atoms with Gasteiger partial charge < -0.3 is 14.6 Å². The second-order valence-electron chi connectivity index (χ2n) is 14.4. The lowest BCUT2D eigenvalue weighted by molar-refractivity contribution is -0.154. The van der Waals surface area contributed by atoms with Gasteiger partial charge in [0.15, 0.2) is 0 Å². The first kappa shape index (κ1) is 52.0. The van der Waals surface area contributed by atoms with Gasteiger partial charge in [-0.2, -0.15) is 0 Å². The van der Waals surface area contributed by atoms with Gasteiger partial charge in [-0.05, 0) is 103 Å². The van der Waals surface area contributed by atoms with Crippen molar-refractivity contribution < 1.29 is 19.4 Å². The zero-order valence-corrected chi connectivity index (χ0v) is 35.6. The van der Waals surface area contributed by atoms with Crippen LogP contribution in [-0.4, -0.2) is 37.0 Å². The second kappa shape index (κ2) is 47.2. The highest BCUT2D eigenvalue weighted by Gasteiger charge is 2.13. The minimum absolute atomic E-state index is 0.199. The van der Waals surface area contributed by atoms with Gasteiger partial charge in [0.05, 0.1) is 13.2 Å². The number of aliphatic hydroxyl groups is 1. The van der Waals surface area contributed by atoms with E-state index in [1.807, 2.05) is 0 Å². The van der Waals surface area contributed by atoms with E-state index in [9.17, 15) is 9.90 Å². The van der Waals surface area contributed by atoms with Crippen molar-refractivity contribution in [3.63, 3.8) is 0 Å². The molecule has 4 heteroatoms. The number of carbonyl (C=O) groups excluding carboxylic acids is 1. The summed E-state index contributed by atoms with van der Waals surface area (Å²) in [5.74, 6) is -0.225. The lowest BCUT2D eigenvalue weighted by atomic mass is 10.1. The van der Waals surface area contributed by atoms with E-state index in [1.54, 1.807) is 0 Å². The molecule has 0 bridgehead atoms. The number of esters is 1. The maximum Gasteiger partial charge on any atom is 0.306 e. The van der Waals surface area contributed by atoms with Crippen molar-refractivity contribution in [1.82, 2.24) is 0 Å². The van der Waals surface area contributed by atoms with Crippen LogP contribution in [0.15, 0.2) is 109 Å². The molecule has 0 aliphatic rings. The van der Waals surface area contributed by atoms with Crippen LogP contribution < -0.4 is 0 Å². The molecule has 312 valence electrons. The maximum absolute atomic E-state index is 12.2. The number of carbonyl (C=O) groups is 1. The van der Waals surface area contributed by atoms with Crippen molar-refractivity contribution in [2.45, 2.75) is 187 Å². The molecule has 0 heterocycles. The Morgan fingerprint density at radius 1 is 0.455 bits per heavy atom. The van der Waals surface area contributed by atoms with Gasteiger partial charge in [-0.1, -0.05) is 181 Å². The molecule has 1 atom stereocenters. The fourth-order valence-corrected chi connectivity index (χ4v) is 5.75. The molecule has 0 saturated heterocycles. The van der Waals surface area contributed by atoms with Crippen molar-refractivity contribution in [3.05, 3.63) is 109 Å². The summed E-state index contributed by atoms with van der Waals surface area (Å²) in [4.78, 5) is 12.2. The van der Waals surface area contributed by atoms with Crippen LogP contribution in [0.3, 0.4) is 0 Å². The van der Waals surface area contributed by atoms with Gasteiger partial charge in [0, 0.05) is 13.0 Å². The van der Waals surface area contributed by atoms with Gasteiger partial charge in [-0.25, -0.2) is 0 Å². The van der Waals surface area contributed by atoms with E-state index >= 15 is 0 Å². The van der Waals surface area contributed by atoms with Crippen LogP contribution in [0.1, 0.15) is 181 Å². The maximum atomic E-state index is 12.2. The molecule has 0 rings (SSSR count). The minimum Gasteiger partial charge on any atom is -0.457 e. The Morgan fingerprint density at radius 3 is 1.24 bits per heavy atom. The molecule has 0 aliphatic carbocycles. The topological polar surface area (TPSA) is 55.8 Å². The molecule has 0 aromatic carbocycles. The normalized spacial score (nSPS) is 13.4. The third-order valence-corrected chi connectivity index (χ3v) is 9.08. The van der Waals surface area contributed by atoms with Gasteiger partial charge >= 0.3 is 5.97 Å². The SMILES string of the molecule is CC/C=C\C/C=C\C/C=C\C/C=C\C/C=C\C/C=C\C/C=C\CCCCOCC(CO)OC(=O)CCCCCCCCCCC/C=C\C/C=C\CCCCC. The standard InChI is InChI=1S/C51H84O4/c1-3-5-7-9-11-13-15-17-19-21-23-24-25-26-27-29-31-33-35-37-39-41-43-45-47-54-49-50(48-52)55-51(53)46-44-42-40-38-36-34-32-30-28-22-20-18-16-14-12-10-8-6-4-2/h5,7,11-14,17-20,23-24,26-27,31,33,37,39,50,52H,3-4,6,8-10,15-16,21-22,25,28-30,32,34-36,38,40-49H2,1-2H3/b7-5-,13-11-,14-12-,19-17-,20-18-,24-23-,27-26-,33-31-,39-37-. The lowest BCUT2D eigenvalue weighted by Gasteiger charge is -2.15. The fraction of sp³-hybridized carbons (Fsp3) is 0.627. The monoisotopic (exact) mass is 761 g/mol. The molecule has 1 unspecified atom stereocenters. The Balaban J connectivity index is 3.59. The predicted octanol–water partition coefficient (Wildman–Crippen LogP) is 15.1. The molecular formula is C51H84O4. The number of hydrogen-bond acceptors (Lipinski definition) is 4. The summed E-state index contributed by atoms with van der Waals surface area (Å²) in [5, 5.41) is 9.61. The Kier molecular flexibility index (Phi) is 44.7. The molecular weight excluding hydrogens is 677 g/mol. The summed E-state index contributed by atoms with van der Waals surface area (Å²) in [5.41, 5.74) is 0. The zero-order chi connectivity index (χ0) is 39.8. The van der Waals surface area contributed by atoms with Gasteiger partial charge in [0.1, 0.15) is 6.10 Å². The smallest absolute Gasteiger partial charge is 0.306 e. The highest BCUT2D eigenvalue weighted by atomic mass is 16.6. The van der Waals surface area contributed by atoms with Crippen molar-refractivity contribution >= 4 is 5.97 Å². The number of unbranched alkanes of at least 4 members (excludes halogenated alkanes) is 14. The molecule has 0 aromatic rings. The first-order valence-electron chi connectivity index (χ1n) is 22.5. The average Bonchev–Trinajstić information content (AvgIpc) is 3.19. The number of hydrogen-bond donors (Lipinski definition) is 1. The summed E-state index contributed by atoms with van der Waals surface area (Å²) in [6, 6.07) is 0. The summed E-state index contributed by atoms with van der Waals surface area (Å²) < 4.78 is 11.1. The highest BCUT2D eigenvalue weighted by Crippen LogP contribution is 2.13. The largest absolute Gasteiger partial charge is 0.457 e. The van der Waals surface area contributed by atoms with E-state index in [2.05, 4.69) is 123 Å². The molecule has 0 fully saturated rings. The molecule has 0 radical (unpaired) electrons. The van der Waals surface area contributed by atoms with Crippen molar-refractivity contribution in [2.75, 3.05) is 19.8 Å². The van der Waals surface area contributed by atoms with E-state index < -0.39 is 6.10 Å².